The summed E-state index contributed by atoms with van der Waals surface area (Å²) in [4.78, 5) is 15.2. The zero-order valence-electron chi connectivity index (χ0n) is 15.0. The highest BCUT2D eigenvalue weighted by Gasteiger charge is 2.35. The second-order valence-corrected chi connectivity index (χ2v) is 7.45. The molecule has 4 heteroatoms. The van der Waals surface area contributed by atoms with Crippen molar-refractivity contribution in [3.63, 3.8) is 0 Å². The van der Waals surface area contributed by atoms with Crippen LogP contribution in [-0.4, -0.2) is 23.0 Å². The summed E-state index contributed by atoms with van der Waals surface area (Å²) in [5.41, 5.74) is 1.37. The van der Waals surface area contributed by atoms with Crippen molar-refractivity contribution < 1.29 is 13.9 Å². The molecule has 3 rings (SSSR count). The van der Waals surface area contributed by atoms with Crippen LogP contribution in [0.25, 0.3) is 0 Å². The normalized spacial score (nSPS) is 16.7. The molecule has 2 aromatic carbocycles. The van der Waals surface area contributed by atoms with Crippen molar-refractivity contribution in [1.82, 2.24) is 4.90 Å². The minimum absolute atomic E-state index is 0.0625. The molecule has 0 saturated carbocycles. The van der Waals surface area contributed by atoms with Crippen molar-refractivity contribution in [2.45, 2.75) is 45.2 Å². The molecule has 0 aromatic heterocycles. The molecule has 1 heterocycles. The number of hydrogen-bond acceptors (Lipinski definition) is 2. The van der Waals surface area contributed by atoms with Crippen LogP contribution < -0.4 is 4.74 Å². The summed E-state index contributed by atoms with van der Waals surface area (Å²) >= 11 is 0. The first-order valence-electron chi connectivity index (χ1n) is 8.64. The fraction of sp³-hybridized carbons (Fsp3) is 0.381. The highest BCUT2D eigenvalue weighted by atomic mass is 19.1. The molecule has 0 radical (unpaired) electrons. The molecule has 0 aliphatic carbocycles. The Bertz CT molecular complexity index is 766. The van der Waals surface area contributed by atoms with Crippen molar-refractivity contribution in [3.05, 3.63) is 65.5 Å². The summed E-state index contributed by atoms with van der Waals surface area (Å²) < 4.78 is 19.2. The summed E-state index contributed by atoms with van der Waals surface area (Å²) in [6.07, 6.45) is 0.658. The first-order valence-corrected chi connectivity index (χ1v) is 8.64. The van der Waals surface area contributed by atoms with Gasteiger partial charge in [0.25, 0.3) is 0 Å². The van der Waals surface area contributed by atoms with Gasteiger partial charge in [-0.3, -0.25) is 4.79 Å². The molecule has 25 heavy (non-hydrogen) atoms. The van der Waals surface area contributed by atoms with Crippen LogP contribution >= 0.6 is 0 Å². The van der Waals surface area contributed by atoms with Gasteiger partial charge >= 0.3 is 0 Å². The van der Waals surface area contributed by atoms with Crippen LogP contribution in [0.2, 0.25) is 0 Å². The van der Waals surface area contributed by atoms with Gasteiger partial charge < -0.3 is 9.64 Å². The second kappa shape index (κ2) is 6.87. The number of amides is 1. The smallest absolute Gasteiger partial charge is 0.231 e. The summed E-state index contributed by atoms with van der Waals surface area (Å²) in [5, 5.41) is 0. The number of rotatable bonds is 3. The van der Waals surface area contributed by atoms with Crippen molar-refractivity contribution in [2.75, 3.05) is 6.61 Å². The van der Waals surface area contributed by atoms with E-state index in [4.69, 9.17) is 4.74 Å². The number of benzene rings is 2. The standard InChI is InChI=1S/C21H24FNO2/c1-21(2,3)23(14-15-7-6-8-16(22)13-15)20(24)18-11-12-25-19-10-5-4-9-17(18)19/h4-10,13,18H,11-12,14H2,1-3H3/t18-/m0/s1. The van der Waals surface area contributed by atoms with Crippen LogP contribution in [0.4, 0.5) is 4.39 Å². The van der Waals surface area contributed by atoms with Gasteiger partial charge in [0.15, 0.2) is 0 Å². The average Bonchev–Trinajstić information content (AvgIpc) is 2.58. The maximum Gasteiger partial charge on any atom is 0.231 e. The Hall–Kier alpha value is -2.36. The van der Waals surface area contributed by atoms with E-state index in [9.17, 15) is 9.18 Å². The Morgan fingerprint density at radius 1 is 1.20 bits per heavy atom. The molecule has 0 fully saturated rings. The number of carbonyl (C=O) groups excluding carboxylic acids is 1. The summed E-state index contributed by atoms with van der Waals surface area (Å²) in [6.45, 7) is 6.95. The molecule has 1 aliphatic rings. The van der Waals surface area contributed by atoms with Crippen LogP contribution in [0.5, 0.6) is 5.75 Å². The molecule has 2 aromatic rings. The van der Waals surface area contributed by atoms with Gasteiger partial charge in [-0.2, -0.15) is 0 Å². The van der Waals surface area contributed by atoms with Gasteiger partial charge in [-0.15, -0.1) is 0 Å². The van der Waals surface area contributed by atoms with Gasteiger partial charge in [0.05, 0.1) is 12.5 Å². The van der Waals surface area contributed by atoms with Crippen molar-refractivity contribution in [1.29, 1.82) is 0 Å². The van der Waals surface area contributed by atoms with E-state index in [1.54, 1.807) is 6.07 Å². The SMILES string of the molecule is CC(C)(C)N(Cc1cccc(F)c1)C(=O)[C@H]1CCOc2ccccc21. The zero-order chi connectivity index (χ0) is 18.0. The lowest BCUT2D eigenvalue weighted by Crippen LogP contribution is -2.47. The van der Waals surface area contributed by atoms with Crippen LogP contribution in [0.1, 0.15) is 44.2 Å². The summed E-state index contributed by atoms with van der Waals surface area (Å²) in [6, 6.07) is 14.2. The molecule has 0 saturated heterocycles. The van der Waals surface area contributed by atoms with Crippen LogP contribution in [0.3, 0.4) is 0 Å². The number of halogens is 1. The largest absolute Gasteiger partial charge is 0.493 e. The molecule has 0 unspecified atom stereocenters. The predicted octanol–water partition coefficient (Wildman–Crippen LogP) is 4.52. The van der Waals surface area contributed by atoms with Gasteiger partial charge in [-0.25, -0.2) is 4.39 Å². The Morgan fingerprint density at radius 3 is 2.68 bits per heavy atom. The third-order valence-electron chi connectivity index (χ3n) is 4.56. The third kappa shape index (κ3) is 3.84. The lowest BCUT2D eigenvalue weighted by atomic mass is 9.90. The minimum atomic E-state index is -0.364. The number of carbonyl (C=O) groups is 1. The Balaban J connectivity index is 1.91. The van der Waals surface area contributed by atoms with Gasteiger partial charge in [0, 0.05) is 17.6 Å². The molecule has 3 nitrogen and oxygen atoms in total. The number of para-hydroxylation sites is 1. The molecule has 1 atom stereocenters. The summed E-state index contributed by atoms with van der Waals surface area (Å²) in [7, 11) is 0. The highest BCUT2D eigenvalue weighted by Crippen LogP contribution is 2.36. The van der Waals surface area contributed by atoms with E-state index in [0.29, 0.717) is 19.6 Å². The zero-order valence-corrected chi connectivity index (χ0v) is 15.0. The van der Waals surface area contributed by atoms with E-state index >= 15 is 0 Å². The fourth-order valence-electron chi connectivity index (χ4n) is 3.25. The molecule has 0 spiro atoms. The van der Waals surface area contributed by atoms with Crippen molar-refractivity contribution in [3.8, 4) is 5.75 Å². The molecule has 1 aliphatic heterocycles. The van der Waals surface area contributed by atoms with Crippen molar-refractivity contribution in [2.24, 2.45) is 0 Å². The lowest BCUT2D eigenvalue weighted by molar-refractivity contribution is -0.139. The Morgan fingerprint density at radius 2 is 1.96 bits per heavy atom. The lowest BCUT2D eigenvalue weighted by Gasteiger charge is -2.39. The maximum absolute atomic E-state index is 13.5. The van der Waals surface area contributed by atoms with E-state index in [1.165, 1.54) is 12.1 Å². The van der Waals surface area contributed by atoms with Gasteiger partial charge in [-0.05, 0) is 51.0 Å². The van der Waals surface area contributed by atoms with E-state index in [1.807, 2.05) is 56.0 Å². The van der Waals surface area contributed by atoms with Crippen LogP contribution in [-0.2, 0) is 11.3 Å². The second-order valence-electron chi connectivity index (χ2n) is 7.45. The molecule has 1 amide bonds. The highest BCUT2D eigenvalue weighted by molar-refractivity contribution is 5.85. The predicted molar refractivity (Wildman–Crippen MR) is 96.0 cm³/mol. The molecule has 0 N–H and O–H groups in total. The number of nitrogens with zero attached hydrogens (tertiary/aromatic N) is 1. The maximum atomic E-state index is 13.5. The minimum Gasteiger partial charge on any atom is -0.493 e. The number of fused-ring (bicyclic) bond motifs is 1. The first kappa shape index (κ1) is 17.5. The first-order chi connectivity index (χ1) is 11.9. The number of hydrogen-bond donors (Lipinski definition) is 0. The van der Waals surface area contributed by atoms with E-state index in [0.717, 1.165) is 16.9 Å². The fourth-order valence-corrected chi connectivity index (χ4v) is 3.25. The van der Waals surface area contributed by atoms with Crippen LogP contribution in [0, 0.1) is 5.82 Å². The molecular formula is C21H24FNO2. The van der Waals surface area contributed by atoms with Crippen LogP contribution in [0.15, 0.2) is 48.5 Å². The third-order valence-corrected chi connectivity index (χ3v) is 4.56. The topological polar surface area (TPSA) is 29.5 Å². The van der Waals surface area contributed by atoms with Crippen molar-refractivity contribution >= 4 is 5.91 Å². The van der Waals surface area contributed by atoms with E-state index in [-0.39, 0.29) is 23.2 Å². The molecule has 132 valence electrons. The van der Waals surface area contributed by atoms with Gasteiger partial charge in [-0.1, -0.05) is 30.3 Å². The Labute approximate surface area is 148 Å². The van der Waals surface area contributed by atoms with E-state index < -0.39 is 0 Å². The quantitative estimate of drug-likeness (QED) is 0.821. The Kier molecular flexibility index (Phi) is 4.80. The number of ether oxygens (including phenoxy) is 1. The monoisotopic (exact) mass is 341 g/mol. The van der Waals surface area contributed by atoms with Gasteiger partial charge in [0.2, 0.25) is 5.91 Å². The van der Waals surface area contributed by atoms with Gasteiger partial charge in [0.1, 0.15) is 11.6 Å². The molecular weight excluding hydrogens is 317 g/mol. The summed E-state index contributed by atoms with van der Waals surface area (Å²) in [5.74, 6) is 0.340. The molecule has 0 bridgehead atoms. The van der Waals surface area contributed by atoms with E-state index in [2.05, 4.69) is 0 Å². The average molecular weight is 341 g/mol.